The zero-order valence-electron chi connectivity index (χ0n) is 9.54. The average molecular weight is 187 g/mol. The van der Waals surface area contributed by atoms with E-state index in [0.29, 0.717) is 12.5 Å². The van der Waals surface area contributed by atoms with Crippen molar-refractivity contribution < 1.29 is 9.59 Å². The van der Waals surface area contributed by atoms with Crippen LogP contribution in [-0.2, 0) is 0 Å². The first-order valence-electron chi connectivity index (χ1n) is 4.56. The first-order chi connectivity index (χ1) is 5.72. The summed E-state index contributed by atoms with van der Waals surface area (Å²) in [4.78, 5) is 2.13. The number of hydrogen-bond acceptors (Lipinski definition) is 2. The van der Waals surface area contributed by atoms with E-state index in [9.17, 15) is 0 Å². The summed E-state index contributed by atoms with van der Waals surface area (Å²) in [5, 5.41) is 9.14. The van der Waals surface area contributed by atoms with Gasteiger partial charge in [-0.2, -0.15) is 0 Å². The predicted molar refractivity (Wildman–Crippen MR) is 56.8 cm³/mol. The van der Waals surface area contributed by atoms with Crippen LogP contribution in [0.4, 0.5) is 0 Å². The van der Waals surface area contributed by atoms with Crippen molar-refractivity contribution in [3.63, 3.8) is 0 Å². The maximum Gasteiger partial charge on any atom is 0.0942 e. The van der Waals surface area contributed by atoms with Crippen LogP contribution in [0.1, 0.15) is 6.42 Å². The zero-order valence-corrected chi connectivity index (χ0v) is 9.54. The third-order valence-corrected chi connectivity index (χ3v) is 1.96. The summed E-state index contributed by atoms with van der Waals surface area (Å²) in [6.45, 7) is 4.54. The fourth-order valence-electron chi connectivity index (χ4n) is 1.31. The summed E-state index contributed by atoms with van der Waals surface area (Å²) in [5.41, 5.74) is 0. The topological polar surface area (TPSA) is 23.5 Å². The summed E-state index contributed by atoms with van der Waals surface area (Å²) < 4.78 is 0.899. The summed E-state index contributed by atoms with van der Waals surface area (Å²) in [5.74, 6) is 0.271. The van der Waals surface area contributed by atoms with E-state index in [-0.39, 0.29) is 5.76 Å². The van der Waals surface area contributed by atoms with Crippen molar-refractivity contribution in [1.82, 2.24) is 4.90 Å². The Kier molecular flexibility index (Phi) is 4.44. The maximum atomic E-state index is 9.14. The van der Waals surface area contributed by atoms with Gasteiger partial charge in [-0.3, -0.25) is 0 Å². The summed E-state index contributed by atoms with van der Waals surface area (Å²) in [6.07, 6.45) is 0.655. The van der Waals surface area contributed by atoms with Gasteiger partial charge in [0.05, 0.1) is 39.5 Å². The Labute approximate surface area is 81.9 Å². The molecule has 1 N–H and O–H groups in total. The van der Waals surface area contributed by atoms with E-state index in [1.807, 2.05) is 14.1 Å². The van der Waals surface area contributed by atoms with Crippen LogP contribution >= 0.6 is 0 Å². The quantitative estimate of drug-likeness (QED) is 0.514. The lowest BCUT2D eigenvalue weighted by Crippen LogP contribution is -2.46. The second-order valence-electron chi connectivity index (χ2n) is 4.86. The molecular weight excluding hydrogens is 164 g/mol. The van der Waals surface area contributed by atoms with Crippen molar-refractivity contribution >= 4 is 0 Å². The summed E-state index contributed by atoms with van der Waals surface area (Å²) in [7, 11) is 10.5. The molecule has 0 heterocycles. The molecule has 0 aromatic rings. The molecule has 0 aliphatic heterocycles. The van der Waals surface area contributed by atoms with Gasteiger partial charge in [-0.25, -0.2) is 0 Å². The lowest BCUT2D eigenvalue weighted by Gasteiger charge is -2.32. The van der Waals surface area contributed by atoms with Crippen LogP contribution in [-0.4, -0.2) is 62.3 Å². The van der Waals surface area contributed by atoms with E-state index in [1.54, 1.807) is 0 Å². The second-order valence-corrected chi connectivity index (χ2v) is 4.86. The molecule has 0 spiro atoms. The SMILES string of the molecule is C=C(O)CC(C[N+](C)(C)C)N(C)C. The molecule has 0 saturated carbocycles. The Morgan fingerprint density at radius 1 is 1.38 bits per heavy atom. The van der Waals surface area contributed by atoms with Crippen LogP contribution in [0.3, 0.4) is 0 Å². The highest BCUT2D eigenvalue weighted by Gasteiger charge is 2.20. The summed E-state index contributed by atoms with van der Waals surface area (Å²) >= 11 is 0. The number of quaternary nitrogens is 1. The van der Waals surface area contributed by atoms with E-state index < -0.39 is 0 Å². The highest BCUT2D eigenvalue weighted by Crippen LogP contribution is 2.08. The van der Waals surface area contributed by atoms with Crippen molar-refractivity contribution in [3.05, 3.63) is 12.3 Å². The first kappa shape index (κ1) is 12.5. The number of nitrogens with zero attached hydrogens (tertiary/aromatic N) is 2. The van der Waals surface area contributed by atoms with Gasteiger partial charge in [0.1, 0.15) is 0 Å². The molecule has 0 aromatic carbocycles. The minimum Gasteiger partial charge on any atom is -0.513 e. The number of rotatable bonds is 5. The van der Waals surface area contributed by atoms with Crippen LogP contribution < -0.4 is 0 Å². The Morgan fingerprint density at radius 3 is 2.08 bits per heavy atom. The van der Waals surface area contributed by atoms with Gasteiger partial charge in [-0.1, -0.05) is 6.58 Å². The van der Waals surface area contributed by atoms with Crippen molar-refractivity contribution in [3.8, 4) is 0 Å². The molecule has 0 radical (unpaired) electrons. The Balaban J connectivity index is 4.19. The normalized spacial score (nSPS) is 14.6. The molecule has 0 aromatic heterocycles. The van der Waals surface area contributed by atoms with Gasteiger partial charge in [0, 0.05) is 6.42 Å². The Morgan fingerprint density at radius 2 is 1.85 bits per heavy atom. The standard InChI is InChI=1S/C10H22N2O/c1-9(13)7-10(11(2)3)8-12(4,5)6/h10H,1,7-8H2,2-6H3/p+1. The minimum atomic E-state index is 0.271. The summed E-state index contributed by atoms with van der Waals surface area (Å²) in [6, 6.07) is 0.359. The molecule has 3 heteroatoms. The van der Waals surface area contributed by atoms with E-state index in [4.69, 9.17) is 5.11 Å². The van der Waals surface area contributed by atoms with Crippen molar-refractivity contribution in [2.75, 3.05) is 41.8 Å². The molecule has 1 atom stereocenters. The molecule has 0 aliphatic carbocycles. The van der Waals surface area contributed by atoms with Gasteiger partial charge >= 0.3 is 0 Å². The van der Waals surface area contributed by atoms with Crippen molar-refractivity contribution in [1.29, 1.82) is 0 Å². The molecule has 0 saturated heterocycles. The van der Waals surface area contributed by atoms with Crippen LogP contribution in [0.2, 0.25) is 0 Å². The van der Waals surface area contributed by atoms with E-state index in [1.165, 1.54) is 0 Å². The van der Waals surface area contributed by atoms with E-state index in [2.05, 4.69) is 32.6 Å². The highest BCUT2D eigenvalue weighted by atomic mass is 16.3. The Bertz CT molecular complexity index is 170. The van der Waals surface area contributed by atoms with Crippen LogP contribution in [0, 0.1) is 0 Å². The van der Waals surface area contributed by atoms with Crippen molar-refractivity contribution in [2.45, 2.75) is 12.5 Å². The molecule has 0 amide bonds. The maximum absolute atomic E-state index is 9.14. The Hall–Kier alpha value is -0.540. The molecule has 0 fully saturated rings. The zero-order chi connectivity index (χ0) is 10.6. The monoisotopic (exact) mass is 187 g/mol. The number of aliphatic hydroxyl groups excluding tert-OH is 1. The van der Waals surface area contributed by atoms with Crippen molar-refractivity contribution in [2.24, 2.45) is 0 Å². The molecule has 1 unspecified atom stereocenters. The second kappa shape index (κ2) is 4.63. The fraction of sp³-hybridized carbons (Fsp3) is 0.800. The molecule has 0 aliphatic rings. The predicted octanol–water partition coefficient (Wildman–Crippen LogP) is 1.08. The van der Waals surface area contributed by atoms with Gasteiger partial charge in [-0.05, 0) is 14.1 Å². The van der Waals surface area contributed by atoms with E-state index in [0.717, 1.165) is 11.0 Å². The van der Waals surface area contributed by atoms with Gasteiger partial charge in [-0.15, -0.1) is 0 Å². The highest BCUT2D eigenvalue weighted by molar-refractivity contribution is 4.85. The lowest BCUT2D eigenvalue weighted by molar-refractivity contribution is -0.872. The smallest absolute Gasteiger partial charge is 0.0942 e. The molecule has 0 bridgehead atoms. The third-order valence-electron chi connectivity index (χ3n) is 1.96. The van der Waals surface area contributed by atoms with Gasteiger partial charge < -0.3 is 14.5 Å². The van der Waals surface area contributed by atoms with E-state index >= 15 is 0 Å². The lowest BCUT2D eigenvalue weighted by atomic mass is 10.1. The fourth-order valence-corrected chi connectivity index (χ4v) is 1.31. The molecule has 13 heavy (non-hydrogen) atoms. The average Bonchev–Trinajstić information content (AvgIpc) is 1.81. The number of aliphatic hydroxyl groups is 1. The van der Waals surface area contributed by atoms with Crippen LogP contribution in [0.25, 0.3) is 0 Å². The van der Waals surface area contributed by atoms with Crippen LogP contribution in [0.5, 0.6) is 0 Å². The molecule has 0 rings (SSSR count). The number of hydrogen-bond donors (Lipinski definition) is 1. The first-order valence-corrected chi connectivity index (χ1v) is 4.56. The van der Waals surface area contributed by atoms with Gasteiger partial charge in [0.25, 0.3) is 0 Å². The third kappa shape index (κ3) is 6.61. The molecule has 78 valence electrons. The molecule has 3 nitrogen and oxygen atoms in total. The van der Waals surface area contributed by atoms with Gasteiger partial charge in [0.15, 0.2) is 0 Å². The largest absolute Gasteiger partial charge is 0.513 e. The van der Waals surface area contributed by atoms with Gasteiger partial charge in [0.2, 0.25) is 0 Å². The van der Waals surface area contributed by atoms with Crippen LogP contribution in [0.15, 0.2) is 12.3 Å². The molecular formula is C10H23N2O+. The minimum absolute atomic E-state index is 0.271. The number of likely N-dealkylation sites (N-methyl/N-ethyl adjacent to an activating group) is 2.